The molecule has 0 atom stereocenters. The van der Waals surface area contributed by atoms with Crippen molar-refractivity contribution in [3.63, 3.8) is 0 Å². The van der Waals surface area contributed by atoms with Gasteiger partial charge in [-0.15, -0.1) is 68.1 Å². The third kappa shape index (κ3) is 8.67. The molecule has 4 aromatic carbocycles. The molecule has 0 fully saturated rings. The van der Waals surface area contributed by atoms with Crippen molar-refractivity contribution in [2.75, 3.05) is 0 Å². The van der Waals surface area contributed by atoms with Gasteiger partial charge in [0.25, 0.3) is 0 Å². The summed E-state index contributed by atoms with van der Waals surface area (Å²) in [5.74, 6) is 1.21. The Morgan fingerprint density at radius 3 is 1.18 bits per heavy atom. The maximum atomic E-state index is 2.33. The summed E-state index contributed by atoms with van der Waals surface area (Å²) in [6.45, 7) is 27.0. The molecule has 0 N–H and O–H groups in total. The van der Waals surface area contributed by atoms with E-state index in [-0.39, 0.29) is 30.2 Å². The molecule has 0 saturated heterocycles. The zero-order valence-corrected chi connectivity index (χ0v) is 30.8. The maximum Gasteiger partial charge on any atom is -0.0308 e. The first-order chi connectivity index (χ1) is 16.8. The van der Waals surface area contributed by atoms with Crippen molar-refractivity contribution >= 4 is 27.0 Å². The minimum Gasteiger partial charge on any atom is -1.00 e. The first-order valence-corrected chi connectivity index (χ1v) is 19.3. The van der Waals surface area contributed by atoms with Gasteiger partial charge in [-0.1, -0.05) is 92.5 Å². The zero-order chi connectivity index (χ0) is 27.3. The summed E-state index contributed by atoms with van der Waals surface area (Å²) in [4.78, 5) is 0. The fourth-order valence-electron chi connectivity index (χ4n) is 4.95. The van der Waals surface area contributed by atoms with Crippen LogP contribution in [0, 0.1) is 41.5 Å². The van der Waals surface area contributed by atoms with E-state index in [1.807, 2.05) is 0 Å². The zero-order valence-electron chi connectivity index (χ0n) is 25.8. The van der Waals surface area contributed by atoms with Crippen LogP contribution in [0.5, 0.6) is 0 Å². The molecule has 0 spiro atoms. The summed E-state index contributed by atoms with van der Waals surface area (Å²) >= 11 is 1.80. The molecule has 0 nitrogen and oxygen atoms in total. The van der Waals surface area contributed by atoms with Crippen LogP contribution in [-0.4, -0.2) is 5.43 Å². The van der Waals surface area contributed by atoms with Crippen molar-refractivity contribution in [2.45, 2.75) is 107 Å². The summed E-state index contributed by atoms with van der Waals surface area (Å²) in [6, 6.07) is 16.7. The van der Waals surface area contributed by atoms with Crippen LogP contribution < -0.4 is 24.8 Å². The predicted molar refractivity (Wildman–Crippen MR) is 162 cm³/mol. The molecule has 4 heteroatoms. The van der Waals surface area contributed by atoms with Gasteiger partial charge in [-0.05, 0) is 11.8 Å². The Hall–Kier alpha value is -0.660. The van der Waals surface area contributed by atoms with Gasteiger partial charge < -0.3 is 24.8 Å². The van der Waals surface area contributed by atoms with Gasteiger partial charge in [-0.25, -0.2) is 0 Å². The first kappa shape index (κ1) is 37.3. The molecule has 0 aliphatic heterocycles. The first-order valence-electron chi connectivity index (χ1n) is 13.7. The van der Waals surface area contributed by atoms with Crippen molar-refractivity contribution in [1.82, 2.24) is 0 Å². The Balaban J connectivity index is 0.000000573. The molecule has 4 rings (SSSR count). The van der Waals surface area contributed by atoms with Crippen molar-refractivity contribution in [3.8, 4) is 0 Å². The van der Waals surface area contributed by atoms with E-state index in [0.717, 1.165) is 0 Å². The number of benzene rings is 2. The summed E-state index contributed by atoms with van der Waals surface area (Å²) in [7, 11) is 0. The average Bonchev–Trinajstić information content (AvgIpc) is 3.31. The molecule has 0 aliphatic carbocycles. The van der Waals surface area contributed by atoms with Crippen LogP contribution in [0.3, 0.4) is 0 Å². The molecule has 0 saturated carbocycles. The number of hydrogen-bond acceptors (Lipinski definition) is 0. The number of halogens is 2. The molecule has 0 radical (unpaired) electrons. The summed E-state index contributed by atoms with van der Waals surface area (Å²) in [5, 5.41) is 5.86. The van der Waals surface area contributed by atoms with Crippen LogP contribution in [0.2, 0.25) is 12.1 Å². The SMILES string of the molecule is CC[Si](=[Zr+2])CC.Cc1[cH-]c2c(C)ccc(C(C)C)c2c1C.Cc1[cH-]c2c(C)ccc(C(C)C)c2c1C.[Cl-].[Cl-]. The topological polar surface area (TPSA) is 0 Å². The van der Waals surface area contributed by atoms with Gasteiger partial charge in [0.05, 0.1) is 0 Å². The molecule has 0 amide bonds. The number of fused-ring (bicyclic) bond motifs is 2. The quantitative estimate of drug-likeness (QED) is 0.221. The molecule has 0 bridgehead atoms. The van der Waals surface area contributed by atoms with Crippen LogP contribution in [0.15, 0.2) is 36.4 Å². The van der Waals surface area contributed by atoms with Crippen molar-refractivity contribution < 1.29 is 48.1 Å². The third-order valence-electron chi connectivity index (χ3n) is 7.74. The monoisotopic (exact) mass is 644 g/mol. The summed E-state index contributed by atoms with van der Waals surface area (Å²) < 4.78 is 0. The van der Waals surface area contributed by atoms with E-state index < -0.39 is 0 Å². The number of rotatable bonds is 4. The van der Waals surface area contributed by atoms with Crippen LogP contribution in [-0.2, 0) is 23.3 Å². The van der Waals surface area contributed by atoms with Gasteiger partial charge in [0.15, 0.2) is 0 Å². The van der Waals surface area contributed by atoms with E-state index in [1.165, 1.54) is 78.1 Å². The Morgan fingerprint density at radius 1 is 0.632 bits per heavy atom. The van der Waals surface area contributed by atoms with Gasteiger partial charge in [-0.3, -0.25) is 0 Å². The fraction of sp³-hybridized carbons (Fsp3) is 0.471. The van der Waals surface area contributed by atoms with E-state index in [2.05, 4.69) is 119 Å². The molecule has 0 aromatic heterocycles. The summed E-state index contributed by atoms with van der Waals surface area (Å²) in [5.41, 5.74) is 11.7. The minimum atomic E-state index is 0. The molecular weight excluding hydrogens is 599 g/mol. The van der Waals surface area contributed by atoms with E-state index >= 15 is 0 Å². The predicted octanol–water partition coefficient (Wildman–Crippen LogP) is 4.79. The molecule has 0 unspecified atom stereocenters. The van der Waals surface area contributed by atoms with Crippen LogP contribution in [0.25, 0.3) is 21.5 Å². The average molecular weight is 647 g/mol. The Bertz CT molecular complexity index is 1240. The van der Waals surface area contributed by atoms with Crippen molar-refractivity contribution in [2.24, 2.45) is 0 Å². The van der Waals surface area contributed by atoms with Gasteiger partial charge in [-0.2, -0.15) is 11.1 Å². The van der Waals surface area contributed by atoms with Crippen molar-refractivity contribution in [3.05, 3.63) is 80.9 Å². The molecule has 0 heterocycles. The second-order valence-electron chi connectivity index (χ2n) is 11.0. The molecule has 208 valence electrons. The smallest absolute Gasteiger partial charge is 0.0308 e. The van der Waals surface area contributed by atoms with E-state index in [4.69, 9.17) is 0 Å². The Morgan fingerprint density at radius 2 is 0.947 bits per heavy atom. The second-order valence-corrected chi connectivity index (χ2v) is 18.9. The van der Waals surface area contributed by atoms with Crippen LogP contribution >= 0.6 is 0 Å². The van der Waals surface area contributed by atoms with Gasteiger partial charge in [0.2, 0.25) is 0 Å². The third-order valence-corrected chi connectivity index (χ3v) is 14.7. The van der Waals surface area contributed by atoms with Crippen LogP contribution in [0.4, 0.5) is 0 Å². The second kappa shape index (κ2) is 16.6. The van der Waals surface area contributed by atoms with Gasteiger partial charge in [0.1, 0.15) is 0 Å². The van der Waals surface area contributed by atoms with Gasteiger partial charge in [0, 0.05) is 0 Å². The van der Waals surface area contributed by atoms with Crippen LogP contribution in [0.1, 0.15) is 97.9 Å². The van der Waals surface area contributed by atoms with Crippen molar-refractivity contribution in [1.29, 1.82) is 0 Å². The number of hydrogen-bond donors (Lipinski definition) is 0. The normalized spacial score (nSPS) is 10.5. The maximum absolute atomic E-state index is 2.33. The molecule has 4 aromatic rings. The number of aryl methyl sites for hydroxylation is 6. The largest absolute Gasteiger partial charge is 1.00 e. The summed E-state index contributed by atoms with van der Waals surface area (Å²) in [6.07, 6.45) is 0. The Kier molecular flexibility index (Phi) is 16.3. The fourth-order valence-corrected chi connectivity index (χ4v) is 5.45. The van der Waals surface area contributed by atoms with E-state index in [9.17, 15) is 0 Å². The molecular formula is C34H48Cl2SiZr-2. The van der Waals surface area contributed by atoms with E-state index in [0.29, 0.717) is 11.8 Å². The minimum absolute atomic E-state index is 0. The van der Waals surface area contributed by atoms with Gasteiger partial charge >= 0.3 is 54.7 Å². The Labute approximate surface area is 261 Å². The van der Waals surface area contributed by atoms with E-state index in [1.54, 1.807) is 23.3 Å². The molecule has 0 aliphatic rings. The molecule has 38 heavy (non-hydrogen) atoms. The standard InChI is InChI=1S/2C15H19.C4H10Si.2ClH.Zr/c2*1-9(2)13-7-6-10(3)14-8-11(4)12(5)15(13)14;1-3-5-4-2;;;/h2*6-9H,1-5H3;3-4H2,1-2H3;2*1H;/q2*-1;;;;+2/p-2.